The van der Waals surface area contributed by atoms with Crippen LogP contribution in [0.1, 0.15) is 90.9 Å². The van der Waals surface area contributed by atoms with E-state index in [-0.39, 0.29) is 0 Å². The van der Waals surface area contributed by atoms with Crippen LogP contribution < -0.4 is 5.32 Å². The Morgan fingerprint density at radius 2 is 1.53 bits per heavy atom. The highest BCUT2D eigenvalue weighted by atomic mass is 16.3. The molecular formula is C17H35NO. The summed E-state index contributed by atoms with van der Waals surface area (Å²) >= 11 is 0. The lowest BCUT2D eigenvalue weighted by atomic mass is 9.82. The van der Waals surface area contributed by atoms with Crippen LogP contribution in [0.5, 0.6) is 0 Å². The molecule has 0 bridgehead atoms. The third-order valence-corrected chi connectivity index (χ3v) is 4.64. The molecule has 1 rings (SSSR count). The maximum absolute atomic E-state index is 11.0. The SMILES string of the molecule is CCCCCCC(O)(CCCCCC)[C@@H]1CCCN1. The monoisotopic (exact) mass is 269 g/mol. The van der Waals surface area contributed by atoms with E-state index in [1.807, 2.05) is 0 Å². The van der Waals surface area contributed by atoms with Gasteiger partial charge in [0.1, 0.15) is 0 Å². The van der Waals surface area contributed by atoms with Gasteiger partial charge in [-0.1, -0.05) is 65.2 Å². The summed E-state index contributed by atoms with van der Waals surface area (Å²) in [4.78, 5) is 0. The summed E-state index contributed by atoms with van der Waals surface area (Å²) < 4.78 is 0. The van der Waals surface area contributed by atoms with E-state index in [9.17, 15) is 5.11 Å². The van der Waals surface area contributed by atoms with Crippen molar-refractivity contribution >= 4 is 0 Å². The molecule has 19 heavy (non-hydrogen) atoms. The van der Waals surface area contributed by atoms with E-state index in [0.717, 1.165) is 25.8 Å². The molecule has 2 nitrogen and oxygen atoms in total. The number of aliphatic hydroxyl groups is 1. The molecule has 1 heterocycles. The molecule has 0 aromatic heterocycles. The summed E-state index contributed by atoms with van der Waals surface area (Å²) in [7, 11) is 0. The van der Waals surface area contributed by atoms with Crippen molar-refractivity contribution < 1.29 is 5.11 Å². The third-order valence-electron chi connectivity index (χ3n) is 4.64. The van der Waals surface area contributed by atoms with Gasteiger partial charge in [-0.2, -0.15) is 0 Å². The molecule has 114 valence electrons. The third kappa shape index (κ3) is 6.27. The van der Waals surface area contributed by atoms with Crippen molar-refractivity contribution in [1.82, 2.24) is 5.32 Å². The zero-order chi connectivity index (χ0) is 14.0. The highest BCUT2D eigenvalue weighted by Gasteiger charge is 2.36. The molecule has 2 N–H and O–H groups in total. The lowest BCUT2D eigenvalue weighted by Crippen LogP contribution is -2.47. The van der Waals surface area contributed by atoms with Gasteiger partial charge in [-0.05, 0) is 32.2 Å². The van der Waals surface area contributed by atoms with Gasteiger partial charge in [-0.25, -0.2) is 0 Å². The maximum Gasteiger partial charge on any atom is 0.0800 e. The Hall–Kier alpha value is -0.0800. The van der Waals surface area contributed by atoms with E-state index < -0.39 is 5.60 Å². The van der Waals surface area contributed by atoms with Crippen molar-refractivity contribution in [2.24, 2.45) is 0 Å². The van der Waals surface area contributed by atoms with E-state index in [0.29, 0.717) is 6.04 Å². The lowest BCUT2D eigenvalue weighted by molar-refractivity contribution is -0.0129. The second kappa shape index (κ2) is 9.77. The molecule has 1 aliphatic rings. The summed E-state index contributed by atoms with van der Waals surface area (Å²) in [5, 5.41) is 14.6. The van der Waals surface area contributed by atoms with Crippen LogP contribution in [-0.2, 0) is 0 Å². The largest absolute Gasteiger partial charge is 0.388 e. The topological polar surface area (TPSA) is 32.3 Å². The second-order valence-electron chi connectivity index (χ2n) is 6.37. The summed E-state index contributed by atoms with van der Waals surface area (Å²) in [6.07, 6.45) is 14.5. The Morgan fingerprint density at radius 3 is 1.95 bits per heavy atom. The van der Waals surface area contributed by atoms with E-state index >= 15 is 0 Å². The fraction of sp³-hybridized carbons (Fsp3) is 1.00. The Morgan fingerprint density at radius 1 is 0.947 bits per heavy atom. The first-order valence-electron chi connectivity index (χ1n) is 8.68. The van der Waals surface area contributed by atoms with Crippen molar-refractivity contribution in [3.05, 3.63) is 0 Å². The van der Waals surface area contributed by atoms with Crippen LogP contribution in [0, 0.1) is 0 Å². The van der Waals surface area contributed by atoms with Crippen LogP contribution in [0.2, 0.25) is 0 Å². The molecule has 2 heteroatoms. The van der Waals surface area contributed by atoms with Gasteiger partial charge in [0.2, 0.25) is 0 Å². The fourth-order valence-electron chi connectivity index (χ4n) is 3.33. The molecule has 0 radical (unpaired) electrons. The Kier molecular flexibility index (Phi) is 8.72. The van der Waals surface area contributed by atoms with Crippen LogP contribution in [0.15, 0.2) is 0 Å². The molecule has 0 unspecified atom stereocenters. The number of hydrogen-bond donors (Lipinski definition) is 2. The highest BCUT2D eigenvalue weighted by Crippen LogP contribution is 2.30. The van der Waals surface area contributed by atoms with Crippen LogP contribution >= 0.6 is 0 Å². The zero-order valence-electron chi connectivity index (χ0n) is 13.2. The maximum atomic E-state index is 11.0. The molecule has 0 saturated carbocycles. The van der Waals surface area contributed by atoms with Crippen LogP contribution in [-0.4, -0.2) is 23.3 Å². The molecule has 1 saturated heterocycles. The minimum absolute atomic E-state index is 0.357. The Balaban J connectivity index is 2.36. The predicted octanol–water partition coefficient (Wildman–Crippen LogP) is 4.41. The molecule has 0 spiro atoms. The quantitative estimate of drug-likeness (QED) is 0.545. The minimum atomic E-state index is -0.433. The van der Waals surface area contributed by atoms with Gasteiger partial charge < -0.3 is 10.4 Å². The van der Waals surface area contributed by atoms with Crippen molar-refractivity contribution in [3.63, 3.8) is 0 Å². The van der Waals surface area contributed by atoms with Gasteiger partial charge >= 0.3 is 0 Å². The minimum Gasteiger partial charge on any atom is -0.388 e. The van der Waals surface area contributed by atoms with Crippen LogP contribution in [0.3, 0.4) is 0 Å². The average Bonchev–Trinajstić information content (AvgIpc) is 2.95. The summed E-state index contributed by atoms with van der Waals surface area (Å²) in [6, 6.07) is 0.357. The van der Waals surface area contributed by atoms with Crippen LogP contribution in [0.4, 0.5) is 0 Å². The average molecular weight is 269 g/mol. The van der Waals surface area contributed by atoms with Gasteiger partial charge in [0.15, 0.2) is 0 Å². The highest BCUT2D eigenvalue weighted by molar-refractivity contribution is 4.94. The Bertz CT molecular complexity index is 199. The number of hydrogen-bond acceptors (Lipinski definition) is 2. The normalized spacial score (nSPS) is 20.1. The molecule has 0 aromatic rings. The zero-order valence-corrected chi connectivity index (χ0v) is 13.2. The molecule has 1 atom stereocenters. The smallest absolute Gasteiger partial charge is 0.0800 e. The lowest BCUT2D eigenvalue weighted by Gasteiger charge is -2.34. The standard InChI is InChI=1S/C17H35NO/c1-3-5-7-9-13-17(19,14-10-8-6-4-2)16-12-11-15-18-16/h16,18-19H,3-15H2,1-2H3/t16-/m0/s1. The van der Waals surface area contributed by atoms with Gasteiger partial charge in [0, 0.05) is 6.04 Å². The van der Waals surface area contributed by atoms with E-state index in [1.54, 1.807) is 0 Å². The van der Waals surface area contributed by atoms with Crippen LogP contribution in [0.25, 0.3) is 0 Å². The van der Waals surface area contributed by atoms with Crippen molar-refractivity contribution in [2.45, 2.75) is 103 Å². The number of unbranched alkanes of at least 4 members (excludes halogenated alkanes) is 6. The summed E-state index contributed by atoms with van der Waals surface area (Å²) in [5.41, 5.74) is -0.433. The summed E-state index contributed by atoms with van der Waals surface area (Å²) in [6.45, 7) is 5.59. The molecule has 0 aromatic carbocycles. The van der Waals surface area contributed by atoms with Crippen molar-refractivity contribution in [3.8, 4) is 0 Å². The Labute approximate surface area is 120 Å². The van der Waals surface area contributed by atoms with Crippen molar-refractivity contribution in [2.75, 3.05) is 6.54 Å². The predicted molar refractivity (Wildman–Crippen MR) is 83.5 cm³/mol. The van der Waals surface area contributed by atoms with Crippen molar-refractivity contribution in [1.29, 1.82) is 0 Å². The molecule has 0 amide bonds. The fourth-order valence-corrected chi connectivity index (χ4v) is 3.33. The van der Waals surface area contributed by atoms with E-state index in [4.69, 9.17) is 0 Å². The van der Waals surface area contributed by atoms with Gasteiger partial charge in [-0.15, -0.1) is 0 Å². The first-order chi connectivity index (χ1) is 9.23. The van der Waals surface area contributed by atoms with Gasteiger partial charge in [-0.3, -0.25) is 0 Å². The number of nitrogens with one attached hydrogen (secondary N) is 1. The number of rotatable bonds is 11. The molecule has 1 aliphatic heterocycles. The summed E-state index contributed by atoms with van der Waals surface area (Å²) in [5.74, 6) is 0. The molecule has 0 aliphatic carbocycles. The first kappa shape index (κ1) is 17.0. The van der Waals surface area contributed by atoms with Gasteiger partial charge in [0.05, 0.1) is 5.60 Å². The van der Waals surface area contributed by atoms with E-state index in [2.05, 4.69) is 19.2 Å². The van der Waals surface area contributed by atoms with Gasteiger partial charge in [0.25, 0.3) is 0 Å². The second-order valence-corrected chi connectivity index (χ2v) is 6.37. The molecule has 1 fully saturated rings. The molecular weight excluding hydrogens is 234 g/mol. The first-order valence-corrected chi connectivity index (χ1v) is 8.68. The van der Waals surface area contributed by atoms with E-state index in [1.165, 1.54) is 57.8 Å².